The molecule has 1 rings (SSSR count). The van der Waals surface area contributed by atoms with Gasteiger partial charge in [0.15, 0.2) is 0 Å². The number of ether oxygens (including phenoxy) is 1. The van der Waals surface area contributed by atoms with Crippen molar-refractivity contribution in [3.63, 3.8) is 0 Å². The monoisotopic (exact) mass is 212 g/mol. The van der Waals surface area contributed by atoms with Gasteiger partial charge in [-0.3, -0.25) is 4.79 Å². The number of Topliss-reactive ketones (excluding diaryl/α,β-unsaturated/α-hetero) is 1. The lowest BCUT2D eigenvalue weighted by Gasteiger charge is -2.24. The summed E-state index contributed by atoms with van der Waals surface area (Å²) in [6.45, 7) is 5.76. The molecule has 14 heavy (non-hydrogen) atoms. The molecule has 3 heteroatoms. The Morgan fingerprint density at radius 1 is 1.64 bits per heavy atom. The summed E-state index contributed by atoms with van der Waals surface area (Å²) in [4.78, 5) is 12.9. The Balaban J connectivity index is 3.01. The first-order valence-corrected chi connectivity index (χ1v) is 5.57. The molecule has 1 aromatic rings. The van der Waals surface area contributed by atoms with E-state index in [2.05, 4.69) is 0 Å². The van der Waals surface area contributed by atoms with Crippen LogP contribution in [-0.4, -0.2) is 18.5 Å². The Bertz CT molecular complexity index is 324. The van der Waals surface area contributed by atoms with Crippen LogP contribution in [0.25, 0.3) is 0 Å². The van der Waals surface area contributed by atoms with Gasteiger partial charge in [0.2, 0.25) is 5.78 Å². The molecular formula is C11H16O2S. The van der Waals surface area contributed by atoms with Gasteiger partial charge in [0.05, 0.1) is 4.88 Å². The average Bonchev–Trinajstić information content (AvgIpc) is 2.62. The maximum absolute atomic E-state index is 12.1. The molecule has 2 nitrogen and oxygen atoms in total. The van der Waals surface area contributed by atoms with Crippen LogP contribution in [0.15, 0.2) is 11.4 Å². The minimum absolute atomic E-state index is 0.0926. The molecule has 0 saturated heterocycles. The highest BCUT2D eigenvalue weighted by Crippen LogP contribution is 2.26. The molecule has 0 bridgehead atoms. The molecule has 0 radical (unpaired) electrons. The molecule has 1 heterocycles. The van der Waals surface area contributed by atoms with Crippen LogP contribution in [-0.2, 0) is 4.74 Å². The molecule has 1 unspecified atom stereocenters. The van der Waals surface area contributed by atoms with Crippen molar-refractivity contribution in [2.45, 2.75) is 32.8 Å². The highest BCUT2D eigenvalue weighted by molar-refractivity contribution is 7.12. The van der Waals surface area contributed by atoms with Gasteiger partial charge in [-0.25, -0.2) is 0 Å². The zero-order valence-electron chi connectivity index (χ0n) is 9.09. The van der Waals surface area contributed by atoms with Gasteiger partial charge >= 0.3 is 0 Å². The number of hydrogen-bond acceptors (Lipinski definition) is 3. The predicted molar refractivity (Wildman–Crippen MR) is 59.1 cm³/mol. The topological polar surface area (TPSA) is 26.3 Å². The molecule has 0 saturated carbocycles. The summed E-state index contributed by atoms with van der Waals surface area (Å²) < 4.78 is 5.28. The van der Waals surface area contributed by atoms with Gasteiger partial charge in [0.1, 0.15) is 5.60 Å². The Labute approximate surface area is 88.9 Å². The molecule has 0 fully saturated rings. The molecule has 0 aromatic carbocycles. The fraction of sp³-hybridized carbons (Fsp3) is 0.545. The Kier molecular flexibility index (Phi) is 3.45. The first-order chi connectivity index (χ1) is 6.55. The Hall–Kier alpha value is -0.670. The third kappa shape index (κ3) is 1.88. The van der Waals surface area contributed by atoms with E-state index in [9.17, 15) is 4.79 Å². The number of rotatable bonds is 4. The zero-order chi connectivity index (χ0) is 10.8. The maximum Gasteiger partial charge on any atom is 0.204 e. The summed E-state index contributed by atoms with van der Waals surface area (Å²) >= 11 is 1.49. The van der Waals surface area contributed by atoms with Crippen LogP contribution >= 0.6 is 11.3 Å². The summed E-state index contributed by atoms with van der Waals surface area (Å²) in [5.74, 6) is 0.0926. The van der Waals surface area contributed by atoms with Crippen molar-refractivity contribution < 1.29 is 9.53 Å². The molecule has 0 aliphatic carbocycles. The third-order valence-corrected chi connectivity index (χ3v) is 3.69. The smallest absolute Gasteiger partial charge is 0.204 e. The second-order valence-corrected chi connectivity index (χ2v) is 4.47. The van der Waals surface area contributed by atoms with Gasteiger partial charge in [0, 0.05) is 7.11 Å². The fourth-order valence-corrected chi connectivity index (χ4v) is 2.23. The normalized spacial score (nSPS) is 15.1. The highest BCUT2D eigenvalue weighted by Gasteiger charge is 2.33. The van der Waals surface area contributed by atoms with E-state index in [1.165, 1.54) is 11.3 Å². The largest absolute Gasteiger partial charge is 0.370 e. The number of ketones is 1. The van der Waals surface area contributed by atoms with Crippen LogP contribution in [0.2, 0.25) is 0 Å². The standard InChI is InChI=1S/C11H16O2S/c1-5-11(3,13-4)10(12)9-8(2)6-7-14-9/h6-7H,5H2,1-4H3. The number of thiophene rings is 1. The summed E-state index contributed by atoms with van der Waals surface area (Å²) in [6.07, 6.45) is 0.694. The fourth-order valence-electron chi connectivity index (χ4n) is 1.24. The number of methoxy groups -OCH3 is 1. The number of carbonyl (C=O) groups is 1. The van der Waals surface area contributed by atoms with E-state index < -0.39 is 5.60 Å². The molecule has 78 valence electrons. The molecule has 0 amide bonds. The quantitative estimate of drug-likeness (QED) is 0.717. The summed E-state index contributed by atoms with van der Waals surface area (Å²) in [6, 6.07) is 1.96. The van der Waals surface area contributed by atoms with E-state index >= 15 is 0 Å². The van der Waals surface area contributed by atoms with E-state index in [4.69, 9.17) is 4.74 Å². The zero-order valence-corrected chi connectivity index (χ0v) is 9.90. The molecule has 0 aliphatic heterocycles. The van der Waals surface area contributed by atoms with Crippen LogP contribution in [0, 0.1) is 6.92 Å². The molecule has 0 N–H and O–H groups in total. The van der Waals surface area contributed by atoms with E-state index in [0.717, 1.165) is 10.4 Å². The van der Waals surface area contributed by atoms with Crippen LogP contribution < -0.4 is 0 Å². The number of hydrogen-bond donors (Lipinski definition) is 0. The van der Waals surface area contributed by atoms with Crippen molar-refractivity contribution in [1.82, 2.24) is 0 Å². The minimum Gasteiger partial charge on any atom is -0.370 e. The van der Waals surface area contributed by atoms with Crippen molar-refractivity contribution >= 4 is 17.1 Å². The first-order valence-electron chi connectivity index (χ1n) is 4.69. The second-order valence-electron chi connectivity index (χ2n) is 3.55. The summed E-state index contributed by atoms with van der Waals surface area (Å²) in [5.41, 5.74) is 0.368. The molecule has 1 aromatic heterocycles. The van der Waals surface area contributed by atoms with Crippen molar-refractivity contribution in [2.24, 2.45) is 0 Å². The van der Waals surface area contributed by atoms with Crippen molar-refractivity contribution in [3.05, 3.63) is 21.9 Å². The molecule has 1 atom stereocenters. The molecule has 0 aliphatic rings. The van der Waals surface area contributed by atoms with E-state index in [-0.39, 0.29) is 5.78 Å². The number of carbonyl (C=O) groups excluding carboxylic acids is 1. The van der Waals surface area contributed by atoms with Gasteiger partial charge in [-0.15, -0.1) is 11.3 Å². The van der Waals surface area contributed by atoms with Gasteiger partial charge in [0.25, 0.3) is 0 Å². The SMILES string of the molecule is CCC(C)(OC)C(=O)c1sccc1C. The highest BCUT2D eigenvalue weighted by atomic mass is 32.1. The average molecular weight is 212 g/mol. The van der Waals surface area contributed by atoms with Crippen LogP contribution in [0.3, 0.4) is 0 Å². The summed E-state index contributed by atoms with van der Waals surface area (Å²) in [5, 5.41) is 1.94. The first kappa shape index (κ1) is 11.4. The van der Waals surface area contributed by atoms with E-state index in [1.807, 2.05) is 32.2 Å². The van der Waals surface area contributed by atoms with Crippen LogP contribution in [0.1, 0.15) is 35.5 Å². The van der Waals surface area contributed by atoms with Crippen molar-refractivity contribution in [3.8, 4) is 0 Å². The molecular weight excluding hydrogens is 196 g/mol. The maximum atomic E-state index is 12.1. The van der Waals surface area contributed by atoms with Crippen LogP contribution in [0.4, 0.5) is 0 Å². The van der Waals surface area contributed by atoms with Crippen molar-refractivity contribution in [2.75, 3.05) is 7.11 Å². The second kappa shape index (κ2) is 4.24. The van der Waals surface area contributed by atoms with E-state index in [0.29, 0.717) is 6.42 Å². The Morgan fingerprint density at radius 2 is 2.29 bits per heavy atom. The summed E-state index contributed by atoms with van der Waals surface area (Å²) in [7, 11) is 1.59. The van der Waals surface area contributed by atoms with Gasteiger partial charge < -0.3 is 4.74 Å². The predicted octanol–water partition coefficient (Wildman–Crippen LogP) is 3.05. The lowest BCUT2D eigenvalue weighted by Crippen LogP contribution is -2.36. The van der Waals surface area contributed by atoms with Crippen LogP contribution in [0.5, 0.6) is 0 Å². The van der Waals surface area contributed by atoms with Gasteiger partial charge in [-0.05, 0) is 37.3 Å². The molecule has 0 spiro atoms. The van der Waals surface area contributed by atoms with E-state index in [1.54, 1.807) is 7.11 Å². The lowest BCUT2D eigenvalue weighted by molar-refractivity contribution is 0.0109. The Morgan fingerprint density at radius 3 is 2.64 bits per heavy atom. The lowest BCUT2D eigenvalue weighted by atomic mass is 9.95. The third-order valence-electron chi connectivity index (χ3n) is 2.67. The minimum atomic E-state index is -0.671. The van der Waals surface area contributed by atoms with Gasteiger partial charge in [-0.2, -0.15) is 0 Å². The van der Waals surface area contributed by atoms with Crippen molar-refractivity contribution in [1.29, 1.82) is 0 Å². The number of aryl methyl sites for hydroxylation is 1. The van der Waals surface area contributed by atoms with Gasteiger partial charge in [-0.1, -0.05) is 6.92 Å².